The molecule has 0 bridgehead atoms. The van der Waals surface area contributed by atoms with Crippen molar-refractivity contribution in [2.45, 2.75) is 13.8 Å². The first-order valence-electron chi connectivity index (χ1n) is 9.68. The van der Waals surface area contributed by atoms with Crippen LogP contribution in [0.4, 0.5) is 10.8 Å². The molecule has 1 amide bonds. The van der Waals surface area contributed by atoms with E-state index >= 15 is 0 Å². The minimum atomic E-state index is 0.169. The summed E-state index contributed by atoms with van der Waals surface area (Å²) in [6, 6.07) is 14.6. The first-order valence-corrected chi connectivity index (χ1v) is 10.5. The molecule has 28 heavy (non-hydrogen) atoms. The van der Waals surface area contributed by atoms with Crippen LogP contribution in [-0.2, 0) is 4.79 Å². The van der Waals surface area contributed by atoms with Gasteiger partial charge in [0.2, 0.25) is 5.91 Å². The van der Waals surface area contributed by atoms with Gasteiger partial charge in [-0.2, -0.15) is 0 Å². The first kappa shape index (κ1) is 18.7. The molecule has 1 saturated heterocycles. The molecule has 0 aliphatic carbocycles. The van der Waals surface area contributed by atoms with Crippen molar-refractivity contribution >= 4 is 38.3 Å². The number of thiazole rings is 1. The Morgan fingerprint density at radius 1 is 1.04 bits per heavy atom. The maximum Gasteiger partial charge on any atom is 0.242 e. The van der Waals surface area contributed by atoms with Gasteiger partial charge in [-0.3, -0.25) is 4.79 Å². The largest absolute Gasteiger partial charge is 0.368 e. The monoisotopic (exact) mass is 394 g/mol. The Hall–Kier alpha value is -2.60. The Balaban J connectivity index is 1.39. The number of fused-ring (bicyclic) bond motifs is 1. The summed E-state index contributed by atoms with van der Waals surface area (Å²) in [5.74, 6) is 0.169. The minimum Gasteiger partial charge on any atom is -0.368 e. The van der Waals surface area contributed by atoms with Crippen LogP contribution in [0.3, 0.4) is 0 Å². The van der Waals surface area contributed by atoms with E-state index in [-0.39, 0.29) is 5.91 Å². The van der Waals surface area contributed by atoms with Crippen LogP contribution in [0.5, 0.6) is 0 Å². The third-order valence-electron chi connectivity index (χ3n) is 5.38. The highest BCUT2D eigenvalue weighted by Crippen LogP contribution is 2.32. The Morgan fingerprint density at radius 3 is 2.39 bits per heavy atom. The summed E-state index contributed by atoms with van der Waals surface area (Å²) >= 11 is 1.67. The fourth-order valence-electron chi connectivity index (χ4n) is 3.63. The first-order chi connectivity index (χ1) is 13.5. The number of aryl methyl sites for hydroxylation is 2. The molecule has 0 N–H and O–H groups in total. The number of anilines is 2. The number of aromatic nitrogens is 1. The van der Waals surface area contributed by atoms with Crippen LogP contribution >= 0.6 is 11.3 Å². The summed E-state index contributed by atoms with van der Waals surface area (Å²) in [5, 5.41) is 0.906. The van der Waals surface area contributed by atoms with Gasteiger partial charge >= 0.3 is 0 Å². The van der Waals surface area contributed by atoms with Gasteiger partial charge in [-0.25, -0.2) is 4.98 Å². The van der Waals surface area contributed by atoms with Crippen molar-refractivity contribution < 1.29 is 4.79 Å². The van der Waals surface area contributed by atoms with Crippen molar-refractivity contribution in [1.82, 2.24) is 9.88 Å². The number of rotatable bonds is 4. The van der Waals surface area contributed by atoms with E-state index in [1.807, 2.05) is 22.9 Å². The lowest BCUT2D eigenvalue weighted by molar-refractivity contribution is -0.129. The predicted molar refractivity (Wildman–Crippen MR) is 118 cm³/mol. The van der Waals surface area contributed by atoms with E-state index in [2.05, 4.69) is 55.1 Å². The zero-order valence-electron chi connectivity index (χ0n) is 16.7. The van der Waals surface area contributed by atoms with Crippen LogP contribution in [-0.4, -0.2) is 55.6 Å². The number of likely N-dealkylation sites (N-methyl/N-ethyl adjacent to an activating group) is 1. The van der Waals surface area contributed by atoms with Crippen molar-refractivity contribution in [3.8, 4) is 0 Å². The Labute approximate surface area is 170 Å². The molecule has 2 aromatic carbocycles. The second-order valence-corrected chi connectivity index (χ2v) is 8.41. The number of piperazine rings is 1. The van der Waals surface area contributed by atoms with Crippen molar-refractivity contribution in [1.29, 1.82) is 0 Å². The molecule has 4 rings (SSSR count). The number of amides is 1. The Morgan fingerprint density at radius 2 is 1.71 bits per heavy atom. The number of carbonyl (C=O) groups is 1. The second kappa shape index (κ2) is 7.80. The van der Waals surface area contributed by atoms with Gasteiger partial charge in [0, 0.05) is 38.9 Å². The molecule has 0 spiro atoms. The molecule has 0 saturated carbocycles. The molecule has 0 radical (unpaired) electrons. The van der Waals surface area contributed by atoms with Crippen molar-refractivity contribution in [2.24, 2.45) is 0 Å². The maximum absolute atomic E-state index is 12.8. The number of carbonyl (C=O) groups excluding carboxylic acids is 1. The highest BCUT2D eigenvalue weighted by atomic mass is 32.1. The van der Waals surface area contributed by atoms with Gasteiger partial charge in [-0.1, -0.05) is 41.7 Å². The molecular weight excluding hydrogens is 368 g/mol. The van der Waals surface area contributed by atoms with Crippen molar-refractivity contribution in [2.75, 3.05) is 49.6 Å². The number of para-hydroxylation sites is 1. The van der Waals surface area contributed by atoms with E-state index < -0.39 is 0 Å². The van der Waals surface area contributed by atoms with E-state index in [0.717, 1.165) is 36.8 Å². The van der Waals surface area contributed by atoms with Gasteiger partial charge in [0.05, 0.1) is 16.8 Å². The quantitative estimate of drug-likeness (QED) is 0.677. The molecular formula is C22H26N4OS. The fraction of sp³-hybridized carbons (Fsp3) is 0.364. The third-order valence-corrected chi connectivity index (χ3v) is 6.69. The summed E-state index contributed by atoms with van der Waals surface area (Å²) < 4.78 is 1.21. The Bertz CT molecular complexity index is 938. The molecule has 1 fully saturated rings. The van der Waals surface area contributed by atoms with E-state index in [4.69, 9.17) is 4.98 Å². The Kier molecular flexibility index (Phi) is 5.22. The van der Waals surface area contributed by atoms with Gasteiger partial charge in [0.1, 0.15) is 0 Å². The van der Waals surface area contributed by atoms with Gasteiger partial charge in [-0.15, -0.1) is 0 Å². The van der Waals surface area contributed by atoms with Crippen molar-refractivity contribution in [3.63, 3.8) is 0 Å². The van der Waals surface area contributed by atoms with Gasteiger partial charge in [-0.05, 0) is 37.1 Å². The molecule has 2 heterocycles. The summed E-state index contributed by atoms with van der Waals surface area (Å²) in [6.07, 6.45) is 0. The molecule has 3 aromatic rings. The standard InChI is InChI=1S/C22H26N4OS/c1-16-9-10-17(2)21-20(16)23-22(28-21)24(3)15-19(27)26-13-11-25(12-14-26)18-7-5-4-6-8-18/h4-10H,11-15H2,1-3H3. The fourth-order valence-corrected chi connectivity index (χ4v) is 4.71. The smallest absolute Gasteiger partial charge is 0.242 e. The minimum absolute atomic E-state index is 0.169. The van der Waals surface area contributed by atoms with E-state index in [9.17, 15) is 4.79 Å². The highest BCUT2D eigenvalue weighted by Gasteiger charge is 2.23. The van der Waals surface area contributed by atoms with Crippen LogP contribution < -0.4 is 9.80 Å². The van der Waals surface area contributed by atoms with Crippen LogP contribution in [0, 0.1) is 13.8 Å². The van der Waals surface area contributed by atoms with E-state index in [1.165, 1.54) is 21.5 Å². The third kappa shape index (κ3) is 3.69. The second-order valence-electron chi connectivity index (χ2n) is 7.43. The SMILES string of the molecule is Cc1ccc(C)c2sc(N(C)CC(=O)N3CCN(c4ccccc4)CC3)nc12. The molecule has 6 heteroatoms. The van der Waals surface area contributed by atoms with Crippen LogP contribution in [0.15, 0.2) is 42.5 Å². The molecule has 1 aliphatic rings. The lowest BCUT2D eigenvalue weighted by atomic mass is 10.1. The number of nitrogens with zero attached hydrogens (tertiary/aromatic N) is 4. The topological polar surface area (TPSA) is 39.7 Å². The van der Waals surface area contributed by atoms with Gasteiger partial charge in [0.15, 0.2) is 5.13 Å². The van der Waals surface area contributed by atoms with Crippen LogP contribution in [0.1, 0.15) is 11.1 Å². The van der Waals surface area contributed by atoms with E-state index in [1.54, 1.807) is 11.3 Å². The van der Waals surface area contributed by atoms with E-state index in [0.29, 0.717) is 6.54 Å². The highest BCUT2D eigenvalue weighted by molar-refractivity contribution is 7.22. The lowest BCUT2D eigenvalue weighted by Crippen LogP contribution is -2.51. The number of hydrogen-bond donors (Lipinski definition) is 0. The number of hydrogen-bond acceptors (Lipinski definition) is 5. The molecule has 1 aromatic heterocycles. The summed E-state index contributed by atoms with van der Waals surface area (Å²) in [7, 11) is 1.96. The zero-order valence-corrected chi connectivity index (χ0v) is 17.5. The van der Waals surface area contributed by atoms with Crippen molar-refractivity contribution in [3.05, 3.63) is 53.6 Å². The number of benzene rings is 2. The predicted octanol–water partition coefficient (Wildman–Crippen LogP) is 3.70. The van der Waals surface area contributed by atoms with Gasteiger partial charge in [0.25, 0.3) is 0 Å². The lowest BCUT2D eigenvalue weighted by Gasteiger charge is -2.36. The van der Waals surface area contributed by atoms with Gasteiger partial charge < -0.3 is 14.7 Å². The average molecular weight is 395 g/mol. The molecule has 0 unspecified atom stereocenters. The zero-order chi connectivity index (χ0) is 19.7. The summed E-state index contributed by atoms with van der Waals surface area (Å²) in [5.41, 5.74) is 4.70. The molecule has 1 aliphatic heterocycles. The van der Waals surface area contributed by atoms with Crippen LogP contribution in [0.2, 0.25) is 0 Å². The summed E-state index contributed by atoms with van der Waals surface area (Å²) in [6.45, 7) is 7.84. The van der Waals surface area contributed by atoms with Crippen LogP contribution in [0.25, 0.3) is 10.2 Å². The average Bonchev–Trinajstić information content (AvgIpc) is 3.19. The maximum atomic E-state index is 12.8. The normalized spacial score (nSPS) is 14.5. The molecule has 5 nitrogen and oxygen atoms in total. The molecule has 0 atom stereocenters. The molecule has 146 valence electrons. The summed E-state index contributed by atoms with van der Waals surface area (Å²) in [4.78, 5) is 23.9.